The molecule has 0 aliphatic heterocycles. The molecule has 0 unspecified atom stereocenters. The number of hydrogen-bond donors (Lipinski definition) is 0. The number of fused-ring (bicyclic) bond motifs is 1. The summed E-state index contributed by atoms with van der Waals surface area (Å²) in [5, 5.41) is 0. The highest BCUT2D eigenvalue weighted by Crippen LogP contribution is 2.13. The number of rotatable bonds is 2. The van der Waals surface area contributed by atoms with Crippen LogP contribution >= 0.6 is 0 Å². The van der Waals surface area contributed by atoms with Crippen molar-refractivity contribution in [3.05, 3.63) is 34.6 Å². The van der Waals surface area contributed by atoms with E-state index in [1.54, 1.807) is 0 Å². The van der Waals surface area contributed by atoms with E-state index in [1.807, 2.05) is 0 Å². The minimum atomic E-state index is -0.655. The van der Waals surface area contributed by atoms with Crippen LogP contribution in [0.4, 0.5) is 4.39 Å². The molecule has 0 saturated carbocycles. The topological polar surface area (TPSA) is 52.2 Å². The maximum absolute atomic E-state index is 12.7. The molecular formula is C9H6FNO3. The summed E-state index contributed by atoms with van der Waals surface area (Å²) in [6, 6.07) is 3.72. The molecule has 2 aromatic rings. The average Bonchev–Trinajstić information content (AvgIpc) is 2.43. The second-order valence-electron chi connectivity index (χ2n) is 2.76. The van der Waals surface area contributed by atoms with E-state index in [-0.39, 0.29) is 12.1 Å². The molecule has 0 spiro atoms. The molecule has 4 nitrogen and oxygen atoms in total. The summed E-state index contributed by atoms with van der Waals surface area (Å²) in [4.78, 5) is 21.4. The number of carbonyl (C=O) groups is 1. The van der Waals surface area contributed by atoms with Crippen molar-refractivity contribution >= 4 is 17.4 Å². The molecular weight excluding hydrogens is 189 g/mol. The van der Waals surface area contributed by atoms with Gasteiger partial charge in [-0.25, -0.2) is 9.18 Å². The van der Waals surface area contributed by atoms with Crippen LogP contribution in [0.15, 0.2) is 27.4 Å². The molecule has 0 amide bonds. The molecule has 72 valence electrons. The fourth-order valence-corrected chi connectivity index (χ4v) is 1.29. The molecule has 0 aliphatic rings. The predicted molar refractivity (Wildman–Crippen MR) is 46.5 cm³/mol. The minimum Gasteiger partial charge on any atom is -0.408 e. The Labute approximate surface area is 77.6 Å². The van der Waals surface area contributed by atoms with Gasteiger partial charge in [0, 0.05) is 6.07 Å². The quantitative estimate of drug-likeness (QED) is 0.670. The summed E-state index contributed by atoms with van der Waals surface area (Å²) in [6.07, 6.45) is 0.583. The summed E-state index contributed by atoms with van der Waals surface area (Å²) < 4.78 is 18.6. The van der Waals surface area contributed by atoms with Crippen LogP contribution in [0.25, 0.3) is 11.1 Å². The van der Waals surface area contributed by atoms with E-state index in [0.29, 0.717) is 11.8 Å². The van der Waals surface area contributed by atoms with Gasteiger partial charge in [0.15, 0.2) is 5.58 Å². The first-order valence-corrected chi connectivity index (χ1v) is 3.95. The van der Waals surface area contributed by atoms with Gasteiger partial charge in [-0.15, -0.1) is 0 Å². The van der Waals surface area contributed by atoms with Crippen molar-refractivity contribution in [3.8, 4) is 0 Å². The van der Waals surface area contributed by atoms with E-state index in [0.717, 1.165) is 10.6 Å². The van der Waals surface area contributed by atoms with Gasteiger partial charge in [-0.3, -0.25) is 4.57 Å². The van der Waals surface area contributed by atoms with Crippen LogP contribution in [0.2, 0.25) is 0 Å². The summed E-state index contributed by atoms with van der Waals surface area (Å²) in [6.45, 7) is -0.0858. The zero-order valence-corrected chi connectivity index (χ0v) is 7.07. The van der Waals surface area contributed by atoms with E-state index < -0.39 is 11.6 Å². The summed E-state index contributed by atoms with van der Waals surface area (Å²) in [5.41, 5.74) is 0.570. The van der Waals surface area contributed by atoms with Gasteiger partial charge in [-0.1, -0.05) is 0 Å². The van der Waals surface area contributed by atoms with Crippen LogP contribution in [-0.4, -0.2) is 10.9 Å². The van der Waals surface area contributed by atoms with Crippen molar-refractivity contribution in [1.29, 1.82) is 0 Å². The first-order chi connectivity index (χ1) is 6.72. The molecule has 0 aliphatic carbocycles. The van der Waals surface area contributed by atoms with Gasteiger partial charge in [-0.2, -0.15) is 0 Å². The lowest BCUT2D eigenvalue weighted by molar-refractivity contribution is -0.108. The largest absolute Gasteiger partial charge is 0.420 e. The summed E-state index contributed by atoms with van der Waals surface area (Å²) in [5.74, 6) is -1.14. The van der Waals surface area contributed by atoms with Crippen molar-refractivity contribution in [1.82, 2.24) is 4.57 Å². The van der Waals surface area contributed by atoms with E-state index in [4.69, 9.17) is 4.42 Å². The second-order valence-corrected chi connectivity index (χ2v) is 2.76. The highest BCUT2D eigenvalue weighted by Gasteiger charge is 2.08. The van der Waals surface area contributed by atoms with Crippen molar-refractivity contribution in [2.24, 2.45) is 0 Å². The predicted octanol–water partition coefficient (Wildman–Crippen LogP) is 0.933. The fraction of sp³-hybridized carbons (Fsp3) is 0.111. The van der Waals surface area contributed by atoms with Gasteiger partial charge in [0.1, 0.15) is 12.1 Å². The molecule has 1 heterocycles. The van der Waals surface area contributed by atoms with Crippen molar-refractivity contribution in [2.75, 3.05) is 0 Å². The van der Waals surface area contributed by atoms with Crippen molar-refractivity contribution in [3.63, 3.8) is 0 Å². The Bertz CT molecular complexity index is 540. The number of benzene rings is 1. The number of aldehydes is 1. The Morgan fingerprint density at radius 2 is 2.29 bits per heavy atom. The number of halogens is 1. The Hall–Kier alpha value is -1.91. The van der Waals surface area contributed by atoms with Crippen molar-refractivity contribution < 1.29 is 13.6 Å². The monoisotopic (exact) mass is 195 g/mol. The maximum atomic E-state index is 12.7. The lowest BCUT2D eigenvalue weighted by atomic mass is 10.3. The van der Waals surface area contributed by atoms with Gasteiger partial charge < -0.3 is 9.21 Å². The lowest BCUT2D eigenvalue weighted by Crippen LogP contribution is -2.14. The molecule has 14 heavy (non-hydrogen) atoms. The van der Waals surface area contributed by atoms with Crippen LogP contribution in [0.3, 0.4) is 0 Å². The molecule has 5 heteroatoms. The zero-order chi connectivity index (χ0) is 10.1. The SMILES string of the molecule is O=CCn1c(=O)oc2cc(F)ccc21. The summed E-state index contributed by atoms with van der Waals surface area (Å²) >= 11 is 0. The highest BCUT2D eigenvalue weighted by molar-refractivity contribution is 5.73. The standard InChI is InChI=1S/C9H6FNO3/c10-6-1-2-7-8(5-6)14-9(13)11(7)3-4-12/h1-2,4-5H,3H2. The molecule has 0 radical (unpaired) electrons. The normalized spacial score (nSPS) is 10.6. The zero-order valence-electron chi connectivity index (χ0n) is 7.07. The van der Waals surface area contributed by atoms with Crippen LogP contribution in [0, 0.1) is 5.82 Å². The second kappa shape index (κ2) is 3.10. The number of aromatic nitrogens is 1. The fourth-order valence-electron chi connectivity index (χ4n) is 1.29. The van der Waals surface area contributed by atoms with Crippen LogP contribution < -0.4 is 5.76 Å². The third kappa shape index (κ3) is 1.22. The van der Waals surface area contributed by atoms with Gasteiger partial charge in [0.2, 0.25) is 0 Å². The number of nitrogens with zero attached hydrogens (tertiary/aromatic N) is 1. The van der Waals surface area contributed by atoms with Crippen LogP contribution in [-0.2, 0) is 11.3 Å². The average molecular weight is 195 g/mol. The molecule has 0 N–H and O–H groups in total. The van der Waals surface area contributed by atoms with E-state index in [1.165, 1.54) is 12.1 Å². The highest BCUT2D eigenvalue weighted by atomic mass is 19.1. The van der Waals surface area contributed by atoms with Gasteiger partial charge >= 0.3 is 5.76 Å². The smallest absolute Gasteiger partial charge is 0.408 e. The molecule has 1 aromatic heterocycles. The van der Waals surface area contributed by atoms with Gasteiger partial charge in [-0.05, 0) is 12.1 Å². The number of hydrogen-bond acceptors (Lipinski definition) is 3. The van der Waals surface area contributed by atoms with E-state index in [9.17, 15) is 14.0 Å². The minimum absolute atomic E-state index is 0.0858. The molecule has 0 atom stereocenters. The Kier molecular flexibility index (Phi) is 1.92. The molecule has 0 fully saturated rings. The van der Waals surface area contributed by atoms with Gasteiger partial charge in [0.25, 0.3) is 0 Å². The molecule has 2 rings (SSSR count). The van der Waals surface area contributed by atoms with E-state index >= 15 is 0 Å². The third-order valence-corrected chi connectivity index (χ3v) is 1.89. The number of oxazole rings is 1. The molecule has 1 aromatic carbocycles. The molecule has 0 bridgehead atoms. The van der Waals surface area contributed by atoms with Crippen LogP contribution in [0.5, 0.6) is 0 Å². The lowest BCUT2D eigenvalue weighted by Gasteiger charge is -1.93. The third-order valence-electron chi connectivity index (χ3n) is 1.89. The van der Waals surface area contributed by atoms with Gasteiger partial charge in [0.05, 0.1) is 12.1 Å². The first-order valence-electron chi connectivity index (χ1n) is 3.95. The first kappa shape index (κ1) is 8.68. The summed E-state index contributed by atoms with van der Waals surface area (Å²) in [7, 11) is 0. The number of carbonyl (C=O) groups excluding carboxylic acids is 1. The van der Waals surface area contributed by atoms with Crippen molar-refractivity contribution in [2.45, 2.75) is 6.54 Å². The van der Waals surface area contributed by atoms with Crippen LogP contribution in [0.1, 0.15) is 0 Å². The Morgan fingerprint density at radius 3 is 3.00 bits per heavy atom. The Morgan fingerprint density at radius 1 is 1.50 bits per heavy atom. The molecule has 0 saturated heterocycles. The Balaban J connectivity index is 2.76. The van der Waals surface area contributed by atoms with E-state index in [2.05, 4.69) is 0 Å². The maximum Gasteiger partial charge on any atom is 0.420 e.